The van der Waals surface area contributed by atoms with Gasteiger partial charge in [0.05, 0.1) is 6.61 Å². The van der Waals surface area contributed by atoms with Crippen LogP contribution in [0.4, 0.5) is 0 Å². The summed E-state index contributed by atoms with van der Waals surface area (Å²) in [5.41, 5.74) is 1.26. The molecule has 2 aromatic heterocycles. The molecule has 3 heterocycles. The fourth-order valence-corrected chi connectivity index (χ4v) is 2.30. The second kappa shape index (κ2) is 3.55. The van der Waals surface area contributed by atoms with E-state index in [0.29, 0.717) is 24.3 Å². The summed E-state index contributed by atoms with van der Waals surface area (Å²) in [6, 6.07) is 0. The second-order valence-corrected chi connectivity index (χ2v) is 4.29. The summed E-state index contributed by atoms with van der Waals surface area (Å²) >= 11 is 11.8. The van der Waals surface area contributed by atoms with Crippen molar-refractivity contribution < 1.29 is 4.74 Å². The van der Waals surface area contributed by atoms with Gasteiger partial charge in [0.2, 0.25) is 5.28 Å². The molecule has 1 aliphatic rings. The minimum atomic E-state index is -0.0576. The zero-order chi connectivity index (χ0) is 11.3. The van der Waals surface area contributed by atoms with Crippen LogP contribution < -0.4 is 0 Å². The summed E-state index contributed by atoms with van der Waals surface area (Å²) in [6.07, 6.45) is -0.0576. The van der Waals surface area contributed by atoms with E-state index in [1.54, 1.807) is 0 Å². The Kier molecular flexibility index (Phi) is 2.27. The van der Waals surface area contributed by atoms with Crippen LogP contribution in [-0.4, -0.2) is 26.1 Å². The van der Waals surface area contributed by atoms with E-state index in [-0.39, 0.29) is 16.5 Å². The fraction of sp³-hybridized carbons (Fsp3) is 0.444. The maximum absolute atomic E-state index is 5.98. The standard InChI is InChI=1S/C9H8Cl2N4O/c1-4-7-12-5-6(10)13-9(11)14-8(5)15(7)2-3-16-4/h4H,2-3H2,1H3. The van der Waals surface area contributed by atoms with Gasteiger partial charge in [-0.05, 0) is 18.5 Å². The van der Waals surface area contributed by atoms with Crippen molar-refractivity contribution in [3.8, 4) is 0 Å². The Morgan fingerprint density at radius 1 is 1.31 bits per heavy atom. The number of hydrogen-bond acceptors (Lipinski definition) is 4. The molecule has 0 aliphatic carbocycles. The summed E-state index contributed by atoms with van der Waals surface area (Å²) in [5, 5.41) is 0.420. The van der Waals surface area contributed by atoms with Crippen molar-refractivity contribution in [3.63, 3.8) is 0 Å². The van der Waals surface area contributed by atoms with Crippen molar-refractivity contribution in [2.45, 2.75) is 19.6 Å². The quantitative estimate of drug-likeness (QED) is 0.537. The van der Waals surface area contributed by atoms with Crippen LogP contribution in [0.3, 0.4) is 0 Å². The molecule has 16 heavy (non-hydrogen) atoms. The van der Waals surface area contributed by atoms with E-state index in [9.17, 15) is 0 Å². The van der Waals surface area contributed by atoms with Crippen molar-refractivity contribution >= 4 is 34.4 Å². The number of aromatic nitrogens is 4. The van der Waals surface area contributed by atoms with Crippen LogP contribution in [0.15, 0.2) is 0 Å². The highest BCUT2D eigenvalue weighted by Gasteiger charge is 2.23. The zero-order valence-corrected chi connectivity index (χ0v) is 9.96. The highest BCUT2D eigenvalue weighted by atomic mass is 35.5. The molecule has 0 saturated carbocycles. The molecule has 7 heteroatoms. The lowest BCUT2D eigenvalue weighted by Gasteiger charge is -2.20. The number of ether oxygens (including phenoxy) is 1. The zero-order valence-electron chi connectivity index (χ0n) is 8.44. The predicted molar refractivity (Wildman–Crippen MR) is 59.7 cm³/mol. The third kappa shape index (κ3) is 1.39. The Balaban J connectivity index is 2.36. The number of fused-ring (bicyclic) bond motifs is 3. The van der Waals surface area contributed by atoms with Crippen LogP contribution in [0.25, 0.3) is 11.2 Å². The highest BCUT2D eigenvalue weighted by Crippen LogP contribution is 2.28. The molecule has 0 aromatic carbocycles. The van der Waals surface area contributed by atoms with E-state index in [4.69, 9.17) is 27.9 Å². The van der Waals surface area contributed by atoms with Gasteiger partial charge in [-0.2, -0.15) is 4.98 Å². The first-order valence-electron chi connectivity index (χ1n) is 4.87. The number of hydrogen-bond donors (Lipinski definition) is 0. The summed E-state index contributed by atoms with van der Waals surface area (Å²) in [7, 11) is 0. The smallest absolute Gasteiger partial charge is 0.225 e. The van der Waals surface area contributed by atoms with E-state index in [1.807, 2.05) is 11.5 Å². The maximum atomic E-state index is 5.98. The van der Waals surface area contributed by atoms with Crippen molar-refractivity contribution in [2.24, 2.45) is 0 Å². The van der Waals surface area contributed by atoms with Gasteiger partial charge in [-0.3, -0.25) is 0 Å². The molecule has 0 fully saturated rings. The lowest BCUT2D eigenvalue weighted by molar-refractivity contribution is 0.0304. The first kappa shape index (κ1) is 10.3. The minimum absolute atomic E-state index is 0.0576. The first-order chi connectivity index (χ1) is 7.66. The lowest BCUT2D eigenvalue weighted by Crippen LogP contribution is -2.20. The van der Waals surface area contributed by atoms with E-state index in [1.165, 1.54) is 0 Å². The van der Waals surface area contributed by atoms with E-state index >= 15 is 0 Å². The topological polar surface area (TPSA) is 52.8 Å². The minimum Gasteiger partial charge on any atom is -0.369 e. The molecular weight excluding hydrogens is 251 g/mol. The first-order valence-corrected chi connectivity index (χ1v) is 5.63. The van der Waals surface area contributed by atoms with Gasteiger partial charge in [0.15, 0.2) is 10.8 Å². The molecule has 1 aliphatic heterocycles. The predicted octanol–water partition coefficient (Wildman–Crippen LogP) is 2.22. The van der Waals surface area contributed by atoms with Crippen LogP contribution in [0.5, 0.6) is 0 Å². The Labute approximate surface area is 101 Å². The molecule has 0 amide bonds. The average molecular weight is 259 g/mol. The largest absolute Gasteiger partial charge is 0.369 e. The normalized spacial score (nSPS) is 20.1. The van der Waals surface area contributed by atoms with E-state index in [0.717, 1.165) is 5.82 Å². The van der Waals surface area contributed by atoms with Crippen molar-refractivity contribution in [1.29, 1.82) is 0 Å². The van der Waals surface area contributed by atoms with E-state index in [2.05, 4.69) is 15.0 Å². The number of rotatable bonds is 0. The third-order valence-corrected chi connectivity index (χ3v) is 3.03. The van der Waals surface area contributed by atoms with Crippen LogP contribution in [0, 0.1) is 0 Å². The number of halogens is 2. The summed E-state index contributed by atoms with van der Waals surface area (Å²) < 4.78 is 7.47. The molecule has 0 radical (unpaired) electrons. The van der Waals surface area contributed by atoms with Crippen LogP contribution in [-0.2, 0) is 11.3 Å². The van der Waals surface area contributed by atoms with Gasteiger partial charge >= 0.3 is 0 Å². The van der Waals surface area contributed by atoms with Gasteiger partial charge in [0, 0.05) is 6.54 Å². The molecule has 2 aromatic rings. The molecule has 0 N–H and O–H groups in total. The number of imidazole rings is 1. The van der Waals surface area contributed by atoms with Crippen LogP contribution >= 0.6 is 23.2 Å². The highest BCUT2D eigenvalue weighted by molar-refractivity contribution is 6.35. The van der Waals surface area contributed by atoms with Crippen LogP contribution in [0.2, 0.25) is 10.4 Å². The molecule has 1 atom stereocenters. The van der Waals surface area contributed by atoms with Gasteiger partial charge in [-0.1, -0.05) is 11.6 Å². The molecule has 0 spiro atoms. The molecule has 0 saturated heterocycles. The van der Waals surface area contributed by atoms with Crippen molar-refractivity contribution in [3.05, 3.63) is 16.3 Å². The molecule has 1 unspecified atom stereocenters. The molecule has 0 bridgehead atoms. The average Bonchev–Trinajstić information content (AvgIpc) is 2.59. The molecule has 84 valence electrons. The van der Waals surface area contributed by atoms with Gasteiger partial charge in [-0.25, -0.2) is 9.97 Å². The molecule has 3 rings (SSSR count). The van der Waals surface area contributed by atoms with Gasteiger partial charge in [0.25, 0.3) is 0 Å². The second-order valence-electron chi connectivity index (χ2n) is 3.59. The van der Waals surface area contributed by atoms with Crippen LogP contribution in [0.1, 0.15) is 18.9 Å². The summed E-state index contributed by atoms with van der Waals surface area (Å²) in [4.78, 5) is 12.4. The number of nitrogens with zero attached hydrogens (tertiary/aromatic N) is 4. The monoisotopic (exact) mass is 258 g/mol. The van der Waals surface area contributed by atoms with Gasteiger partial charge < -0.3 is 9.30 Å². The Bertz CT molecular complexity index is 568. The Morgan fingerprint density at radius 3 is 2.94 bits per heavy atom. The molecular formula is C9H8Cl2N4O. The fourth-order valence-electron chi connectivity index (χ4n) is 1.89. The van der Waals surface area contributed by atoms with Gasteiger partial charge in [0.1, 0.15) is 17.4 Å². The lowest BCUT2D eigenvalue weighted by atomic mass is 10.3. The van der Waals surface area contributed by atoms with Crippen molar-refractivity contribution in [2.75, 3.05) is 6.61 Å². The van der Waals surface area contributed by atoms with Gasteiger partial charge in [-0.15, -0.1) is 0 Å². The SMILES string of the molecule is CC1OCCn2c1nc1c(Cl)nc(Cl)nc12. The summed E-state index contributed by atoms with van der Waals surface area (Å²) in [5.74, 6) is 0.819. The molecule has 5 nitrogen and oxygen atoms in total. The Hall–Kier alpha value is -0.910. The maximum Gasteiger partial charge on any atom is 0.225 e. The van der Waals surface area contributed by atoms with Crippen molar-refractivity contribution in [1.82, 2.24) is 19.5 Å². The Morgan fingerprint density at radius 2 is 2.12 bits per heavy atom. The summed E-state index contributed by atoms with van der Waals surface area (Å²) in [6.45, 7) is 3.29. The van der Waals surface area contributed by atoms with E-state index < -0.39 is 0 Å². The third-order valence-electron chi connectivity index (χ3n) is 2.60.